The van der Waals surface area contributed by atoms with Crippen LogP contribution in [0.5, 0.6) is 0 Å². The highest BCUT2D eigenvalue weighted by Crippen LogP contribution is 2.41. The summed E-state index contributed by atoms with van der Waals surface area (Å²) in [6, 6.07) is 0. The fourth-order valence-corrected chi connectivity index (χ4v) is 3.76. The molecule has 0 aliphatic heterocycles. The molecule has 0 fully saturated rings. The van der Waals surface area contributed by atoms with Gasteiger partial charge in [0, 0.05) is 0 Å². The van der Waals surface area contributed by atoms with E-state index in [1.807, 2.05) is 0 Å². The second kappa shape index (κ2) is 12.3. The molecule has 0 rings (SSSR count). The van der Waals surface area contributed by atoms with Crippen LogP contribution >= 0.6 is 0 Å². The van der Waals surface area contributed by atoms with Crippen LogP contribution in [0.3, 0.4) is 0 Å². The lowest BCUT2D eigenvalue weighted by Gasteiger charge is -2.34. The second-order valence-electron chi connectivity index (χ2n) is 7.40. The normalized spacial score (nSPS) is 16.3. The van der Waals surface area contributed by atoms with Crippen molar-refractivity contribution >= 4 is 11.9 Å². The van der Waals surface area contributed by atoms with Crippen molar-refractivity contribution in [2.75, 3.05) is 0 Å². The zero-order chi connectivity index (χ0) is 18.6. The van der Waals surface area contributed by atoms with Gasteiger partial charge in [-0.2, -0.15) is 0 Å². The Kier molecular flexibility index (Phi) is 11.8. The molecule has 4 heteroatoms. The van der Waals surface area contributed by atoms with Gasteiger partial charge < -0.3 is 10.2 Å². The van der Waals surface area contributed by atoms with Crippen LogP contribution in [0.4, 0.5) is 0 Å². The molecule has 0 saturated heterocycles. The fourth-order valence-electron chi connectivity index (χ4n) is 3.76. The number of hydrogen-bond donors (Lipinski definition) is 2. The first-order valence-electron chi connectivity index (χ1n) is 9.80. The summed E-state index contributed by atoms with van der Waals surface area (Å²) in [6.07, 6.45) is 8.88. The summed E-state index contributed by atoms with van der Waals surface area (Å²) in [5, 5.41) is 19.3. The third kappa shape index (κ3) is 8.16. The molecule has 4 nitrogen and oxygen atoms in total. The fraction of sp³-hybridized carbons (Fsp3) is 0.900. The van der Waals surface area contributed by atoms with E-state index < -0.39 is 17.4 Å². The summed E-state index contributed by atoms with van der Waals surface area (Å²) in [6.45, 7) is 8.43. The monoisotopic (exact) mass is 342 g/mol. The van der Waals surface area contributed by atoms with Crippen LogP contribution in [0.2, 0.25) is 0 Å². The minimum atomic E-state index is -1.12. The van der Waals surface area contributed by atoms with Gasteiger partial charge in [-0.05, 0) is 24.7 Å². The summed E-state index contributed by atoms with van der Waals surface area (Å²) < 4.78 is 0. The lowest BCUT2D eigenvalue weighted by atomic mass is 9.68. The number of carboxylic acids is 2. The molecule has 0 bridgehead atoms. The maximum atomic E-state index is 12.1. The van der Waals surface area contributed by atoms with Gasteiger partial charge in [0.25, 0.3) is 0 Å². The molecule has 0 spiro atoms. The number of hydrogen-bond acceptors (Lipinski definition) is 2. The van der Waals surface area contributed by atoms with Gasteiger partial charge in [-0.25, -0.2) is 0 Å². The van der Waals surface area contributed by atoms with Gasteiger partial charge in [0.15, 0.2) is 0 Å². The van der Waals surface area contributed by atoms with Gasteiger partial charge in [-0.3, -0.25) is 9.59 Å². The van der Waals surface area contributed by atoms with E-state index in [1.54, 1.807) is 0 Å². The van der Waals surface area contributed by atoms with Gasteiger partial charge in [0.2, 0.25) is 0 Å². The molecular weight excluding hydrogens is 304 g/mol. The zero-order valence-electron chi connectivity index (χ0n) is 16.1. The second-order valence-corrected chi connectivity index (χ2v) is 7.40. The van der Waals surface area contributed by atoms with Crippen LogP contribution in [-0.4, -0.2) is 22.2 Å². The van der Waals surface area contributed by atoms with Crippen LogP contribution in [-0.2, 0) is 9.59 Å². The minimum Gasteiger partial charge on any atom is -0.481 e. The van der Waals surface area contributed by atoms with Crippen LogP contribution in [0.1, 0.15) is 98.3 Å². The Morgan fingerprint density at radius 3 is 1.50 bits per heavy atom. The topological polar surface area (TPSA) is 74.6 Å². The van der Waals surface area contributed by atoms with Crippen molar-refractivity contribution < 1.29 is 19.8 Å². The molecule has 2 N–H and O–H groups in total. The highest BCUT2D eigenvalue weighted by Gasteiger charge is 2.43. The molecule has 24 heavy (non-hydrogen) atoms. The molecule has 0 saturated carbocycles. The molecule has 0 radical (unpaired) electrons. The third-order valence-electron chi connectivity index (χ3n) is 5.39. The third-order valence-corrected chi connectivity index (χ3v) is 5.39. The first kappa shape index (κ1) is 22.9. The van der Waals surface area contributed by atoms with E-state index in [1.165, 1.54) is 0 Å². The van der Waals surface area contributed by atoms with Gasteiger partial charge >= 0.3 is 11.9 Å². The Balaban J connectivity index is 5.36. The molecule has 0 aliphatic rings. The molecule has 142 valence electrons. The Hall–Kier alpha value is -1.06. The Labute approximate surface area is 148 Å². The Bertz CT molecular complexity index is 347. The number of rotatable bonds is 15. The van der Waals surface area contributed by atoms with Crippen molar-refractivity contribution in [3.05, 3.63) is 0 Å². The highest BCUT2D eigenvalue weighted by atomic mass is 16.4. The molecule has 0 aromatic heterocycles. The molecular formula is C20H38O4. The molecule has 0 aromatic carbocycles. The molecule has 0 amide bonds. The van der Waals surface area contributed by atoms with E-state index in [9.17, 15) is 19.8 Å². The van der Waals surface area contributed by atoms with Crippen LogP contribution in [0, 0.1) is 17.3 Å². The van der Waals surface area contributed by atoms with E-state index in [0.717, 1.165) is 51.4 Å². The highest BCUT2D eigenvalue weighted by molar-refractivity contribution is 5.81. The van der Waals surface area contributed by atoms with Crippen molar-refractivity contribution in [3.63, 3.8) is 0 Å². The van der Waals surface area contributed by atoms with Gasteiger partial charge in [0.05, 0.1) is 11.8 Å². The van der Waals surface area contributed by atoms with Crippen LogP contribution in [0.25, 0.3) is 0 Å². The summed E-state index contributed by atoms with van der Waals surface area (Å²) in [5.41, 5.74) is -1.12. The molecule has 0 aliphatic carbocycles. The maximum absolute atomic E-state index is 12.1. The van der Waals surface area contributed by atoms with E-state index >= 15 is 0 Å². The first-order chi connectivity index (χ1) is 11.3. The van der Waals surface area contributed by atoms with Crippen LogP contribution < -0.4 is 0 Å². The average molecular weight is 343 g/mol. The van der Waals surface area contributed by atoms with E-state index in [4.69, 9.17) is 0 Å². The first-order valence-corrected chi connectivity index (χ1v) is 9.80. The Morgan fingerprint density at radius 2 is 1.25 bits per heavy atom. The summed E-state index contributed by atoms with van der Waals surface area (Å²) >= 11 is 0. The summed E-state index contributed by atoms with van der Waals surface area (Å²) in [7, 11) is 0. The standard InChI is InChI=1S/C20H38O4/c1-5-9-11-16(7-3)13-20(19(23)24,15-18(21)22)14-17(8-4)12-10-6-2/h16-17H,5-15H2,1-4H3,(H,21,22)(H,23,24). The lowest BCUT2D eigenvalue weighted by molar-refractivity contribution is -0.158. The van der Waals surface area contributed by atoms with Gasteiger partial charge in [-0.1, -0.05) is 79.1 Å². The Morgan fingerprint density at radius 1 is 0.833 bits per heavy atom. The number of unbranched alkanes of at least 4 members (excludes halogenated alkanes) is 2. The minimum absolute atomic E-state index is 0.256. The molecule has 2 unspecified atom stereocenters. The summed E-state index contributed by atoms with van der Waals surface area (Å²) in [4.78, 5) is 23.6. The van der Waals surface area contributed by atoms with Crippen LogP contribution in [0.15, 0.2) is 0 Å². The number of carboxylic acid groups (broad SMARTS) is 2. The summed E-state index contributed by atoms with van der Waals surface area (Å²) in [5.74, 6) is -1.32. The quantitative estimate of drug-likeness (QED) is 0.397. The lowest BCUT2D eigenvalue weighted by Crippen LogP contribution is -2.37. The van der Waals surface area contributed by atoms with Crippen molar-refractivity contribution in [2.24, 2.45) is 17.3 Å². The van der Waals surface area contributed by atoms with Gasteiger partial charge in [0.1, 0.15) is 0 Å². The maximum Gasteiger partial charge on any atom is 0.310 e. The van der Waals surface area contributed by atoms with Crippen molar-refractivity contribution in [3.8, 4) is 0 Å². The SMILES string of the molecule is CCCCC(CC)CC(CC(=O)O)(CC(CC)CCCC)C(=O)O. The van der Waals surface area contributed by atoms with Crippen molar-refractivity contribution in [1.82, 2.24) is 0 Å². The largest absolute Gasteiger partial charge is 0.481 e. The number of carbonyl (C=O) groups is 2. The molecule has 2 atom stereocenters. The zero-order valence-corrected chi connectivity index (χ0v) is 16.1. The van der Waals surface area contributed by atoms with Gasteiger partial charge in [-0.15, -0.1) is 0 Å². The van der Waals surface area contributed by atoms with E-state index in [-0.39, 0.29) is 6.42 Å². The molecule has 0 aromatic rings. The smallest absolute Gasteiger partial charge is 0.310 e. The van der Waals surface area contributed by atoms with Crippen molar-refractivity contribution in [1.29, 1.82) is 0 Å². The predicted octanol–water partition coefficient (Wildman–Crippen LogP) is 5.75. The average Bonchev–Trinajstić information content (AvgIpc) is 2.54. The van der Waals surface area contributed by atoms with Crippen molar-refractivity contribution in [2.45, 2.75) is 98.3 Å². The van der Waals surface area contributed by atoms with E-state index in [0.29, 0.717) is 24.7 Å². The molecule has 0 heterocycles. The number of aliphatic carboxylic acids is 2. The predicted molar refractivity (Wildman–Crippen MR) is 98.2 cm³/mol. The van der Waals surface area contributed by atoms with E-state index in [2.05, 4.69) is 27.7 Å².